The first-order valence-corrected chi connectivity index (χ1v) is 8.18. The second-order valence-electron chi connectivity index (χ2n) is 6.35. The molecule has 0 heterocycles. The Kier molecular flexibility index (Phi) is 4.45. The number of hydrogen-bond acceptors (Lipinski definition) is 2. The molecule has 2 nitrogen and oxygen atoms in total. The van der Waals surface area contributed by atoms with Crippen LogP contribution in [0.5, 0.6) is 5.75 Å². The van der Waals surface area contributed by atoms with Crippen LogP contribution in [-0.4, -0.2) is 11.1 Å². The largest absolute Gasteiger partial charge is 0.508 e. The van der Waals surface area contributed by atoms with Crippen LogP contribution in [0.4, 0.5) is 0 Å². The fourth-order valence-corrected chi connectivity index (χ4v) is 3.57. The lowest BCUT2D eigenvalue weighted by atomic mass is 9.84. The van der Waals surface area contributed by atoms with Gasteiger partial charge < -0.3 is 10.4 Å². The Bertz CT molecular complexity index is 602. The van der Waals surface area contributed by atoms with Crippen molar-refractivity contribution in [1.82, 2.24) is 5.32 Å². The van der Waals surface area contributed by atoms with Gasteiger partial charge in [-0.1, -0.05) is 49.6 Å². The van der Waals surface area contributed by atoms with E-state index in [4.69, 9.17) is 0 Å². The van der Waals surface area contributed by atoms with Crippen molar-refractivity contribution in [1.29, 1.82) is 0 Å². The number of benzene rings is 2. The number of phenols is 1. The third-order valence-electron chi connectivity index (χ3n) is 4.97. The predicted molar refractivity (Wildman–Crippen MR) is 88.5 cm³/mol. The highest BCUT2D eigenvalue weighted by atomic mass is 16.3. The minimum atomic E-state index is 0.400. The molecule has 1 fully saturated rings. The Hall–Kier alpha value is -1.54. The van der Waals surface area contributed by atoms with Gasteiger partial charge >= 0.3 is 0 Å². The number of phenolic OH excluding ortho intramolecular Hbond substituents is 1. The van der Waals surface area contributed by atoms with Crippen LogP contribution in [0.2, 0.25) is 0 Å². The normalized spacial score (nSPS) is 18.0. The molecule has 21 heavy (non-hydrogen) atoms. The van der Waals surface area contributed by atoms with Gasteiger partial charge in [0.2, 0.25) is 0 Å². The van der Waals surface area contributed by atoms with Gasteiger partial charge in [0.05, 0.1) is 0 Å². The Balaban J connectivity index is 1.74. The van der Waals surface area contributed by atoms with Gasteiger partial charge in [-0.2, -0.15) is 0 Å². The predicted octanol–water partition coefficient (Wildman–Crippen LogP) is 4.60. The first kappa shape index (κ1) is 14.4. The number of hydrogen-bond donors (Lipinski definition) is 2. The topological polar surface area (TPSA) is 32.3 Å². The molecular formula is C19H25NO. The first-order chi connectivity index (χ1) is 10.3. The molecule has 2 N–H and O–H groups in total. The van der Waals surface area contributed by atoms with Crippen molar-refractivity contribution in [2.75, 3.05) is 0 Å². The molecule has 0 radical (unpaired) electrons. The second-order valence-corrected chi connectivity index (χ2v) is 6.35. The Labute approximate surface area is 127 Å². The van der Waals surface area contributed by atoms with E-state index >= 15 is 0 Å². The van der Waals surface area contributed by atoms with E-state index < -0.39 is 0 Å². The second kappa shape index (κ2) is 6.48. The Morgan fingerprint density at radius 2 is 1.86 bits per heavy atom. The van der Waals surface area contributed by atoms with Gasteiger partial charge in [-0.15, -0.1) is 0 Å². The summed E-state index contributed by atoms with van der Waals surface area (Å²) in [7, 11) is 0. The summed E-state index contributed by atoms with van der Waals surface area (Å²) in [5.74, 6) is 1.19. The molecule has 1 aliphatic rings. The Morgan fingerprint density at radius 1 is 1.10 bits per heavy atom. The van der Waals surface area contributed by atoms with Crippen molar-refractivity contribution in [3.05, 3.63) is 42.0 Å². The van der Waals surface area contributed by atoms with Crippen LogP contribution < -0.4 is 5.32 Å². The van der Waals surface area contributed by atoms with Gasteiger partial charge in [0, 0.05) is 18.2 Å². The summed E-state index contributed by atoms with van der Waals surface area (Å²) in [5, 5.41) is 16.2. The van der Waals surface area contributed by atoms with Gasteiger partial charge in [-0.3, -0.25) is 0 Å². The van der Waals surface area contributed by atoms with Crippen LogP contribution in [0.1, 0.15) is 44.6 Å². The lowest BCUT2D eigenvalue weighted by molar-refractivity contribution is 0.280. The van der Waals surface area contributed by atoms with E-state index in [-0.39, 0.29) is 0 Å². The molecule has 3 rings (SSSR count). The van der Waals surface area contributed by atoms with Crippen LogP contribution in [0.3, 0.4) is 0 Å². The minimum absolute atomic E-state index is 0.400. The molecule has 0 aliphatic heterocycles. The van der Waals surface area contributed by atoms with E-state index in [9.17, 15) is 5.11 Å². The van der Waals surface area contributed by atoms with Crippen molar-refractivity contribution in [3.63, 3.8) is 0 Å². The van der Waals surface area contributed by atoms with Gasteiger partial charge in [0.15, 0.2) is 0 Å². The molecular weight excluding hydrogens is 258 g/mol. The molecule has 1 saturated carbocycles. The lowest BCUT2D eigenvalue weighted by Gasteiger charge is -2.28. The standard InChI is InChI=1S/C19H25NO/c1-14(15-7-3-2-4-8-15)20-13-18-17-10-6-5-9-16(17)11-12-19(18)21/h5-6,9-12,14-15,20-21H,2-4,7-8,13H2,1H3/t14-/m1/s1. The van der Waals surface area contributed by atoms with Gasteiger partial charge in [0.25, 0.3) is 0 Å². The number of rotatable bonds is 4. The average molecular weight is 283 g/mol. The Morgan fingerprint density at radius 3 is 2.67 bits per heavy atom. The maximum absolute atomic E-state index is 10.2. The minimum Gasteiger partial charge on any atom is -0.508 e. The zero-order valence-corrected chi connectivity index (χ0v) is 12.8. The maximum atomic E-state index is 10.2. The quantitative estimate of drug-likeness (QED) is 0.859. The summed E-state index contributed by atoms with van der Waals surface area (Å²) in [6.45, 7) is 3.03. The summed E-state index contributed by atoms with van der Waals surface area (Å²) < 4.78 is 0. The summed E-state index contributed by atoms with van der Waals surface area (Å²) in [6.07, 6.45) is 6.82. The van der Waals surface area contributed by atoms with Crippen molar-refractivity contribution in [2.24, 2.45) is 5.92 Å². The van der Waals surface area contributed by atoms with E-state index in [0.717, 1.165) is 23.4 Å². The molecule has 1 atom stereocenters. The third kappa shape index (κ3) is 3.21. The highest BCUT2D eigenvalue weighted by molar-refractivity contribution is 5.87. The lowest BCUT2D eigenvalue weighted by Crippen LogP contribution is -2.34. The van der Waals surface area contributed by atoms with Crippen molar-refractivity contribution < 1.29 is 5.11 Å². The molecule has 0 amide bonds. The summed E-state index contributed by atoms with van der Waals surface area (Å²) in [5.41, 5.74) is 1.02. The molecule has 2 aromatic rings. The molecule has 1 aliphatic carbocycles. The van der Waals surface area contributed by atoms with E-state index in [2.05, 4.69) is 24.4 Å². The smallest absolute Gasteiger partial charge is 0.120 e. The third-order valence-corrected chi connectivity index (χ3v) is 4.97. The summed E-state index contributed by atoms with van der Waals surface area (Å²) in [4.78, 5) is 0. The van der Waals surface area contributed by atoms with E-state index in [0.29, 0.717) is 11.8 Å². The highest BCUT2D eigenvalue weighted by Crippen LogP contribution is 2.29. The van der Waals surface area contributed by atoms with Gasteiger partial charge in [-0.05, 0) is 42.5 Å². The zero-order chi connectivity index (χ0) is 14.7. The van der Waals surface area contributed by atoms with E-state index in [1.54, 1.807) is 0 Å². The highest BCUT2D eigenvalue weighted by Gasteiger charge is 2.20. The zero-order valence-electron chi connectivity index (χ0n) is 12.8. The molecule has 0 saturated heterocycles. The van der Waals surface area contributed by atoms with Crippen molar-refractivity contribution in [2.45, 2.75) is 51.6 Å². The molecule has 0 unspecified atom stereocenters. The molecule has 112 valence electrons. The number of aromatic hydroxyl groups is 1. The van der Waals surface area contributed by atoms with Crippen LogP contribution in [0.15, 0.2) is 36.4 Å². The molecule has 2 heteroatoms. The van der Waals surface area contributed by atoms with E-state index in [1.165, 1.54) is 37.5 Å². The van der Waals surface area contributed by atoms with Gasteiger partial charge in [-0.25, -0.2) is 0 Å². The van der Waals surface area contributed by atoms with E-state index in [1.807, 2.05) is 24.3 Å². The molecule has 2 aromatic carbocycles. The average Bonchev–Trinajstić information content (AvgIpc) is 2.54. The van der Waals surface area contributed by atoms with Crippen LogP contribution >= 0.6 is 0 Å². The summed E-state index contributed by atoms with van der Waals surface area (Å²) >= 11 is 0. The monoisotopic (exact) mass is 283 g/mol. The molecule has 0 aromatic heterocycles. The van der Waals surface area contributed by atoms with Crippen LogP contribution in [-0.2, 0) is 6.54 Å². The molecule has 0 spiro atoms. The van der Waals surface area contributed by atoms with Crippen molar-refractivity contribution >= 4 is 10.8 Å². The van der Waals surface area contributed by atoms with Crippen LogP contribution in [0.25, 0.3) is 10.8 Å². The van der Waals surface area contributed by atoms with Crippen LogP contribution in [0, 0.1) is 5.92 Å². The number of nitrogens with one attached hydrogen (secondary N) is 1. The van der Waals surface area contributed by atoms with Gasteiger partial charge in [0.1, 0.15) is 5.75 Å². The fraction of sp³-hybridized carbons (Fsp3) is 0.474. The summed E-state index contributed by atoms with van der Waals surface area (Å²) in [6, 6.07) is 12.6. The molecule has 0 bridgehead atoms. The fourth-order valence-electron chi connectivity index (χ4n) is 3.57. The van der Waals surface area contributed by atoms with Crippen molar-refractivity contribution in [3.8, 4) is 5.75 Å². The maximum Gasteiger partial charge on any atom is 0.120 e. The number of fused-ring (bicyclic) bond motifs is 1. The SMILES string of the molecule is C[C@@H](NCc1c(O)ccc2ccccc12)C1CCCCC1. The first-order valence-electron chi connectivity index (χ1n) is 8.18.